The number of nitrogens with one attached hydrogen (secondary N) is 1. The molecule has 3 N–H and O–H groups in total. The zero-order chi connectivity index (χ0) is 14.3. The fraction of sp³-hybridized carbons (Fsp3) is 0.538. The summed E-state index contributed by atoms with van der Waals surface area (Å²) in [5.41, 5.74) is 5.91. The van der Waals surface area contributed by atoms with E-state index in [1.54, 1.807) is 0 Å². The number of hydrogen-bond donors (Lipinski definition) is 2. The molecule has 0 spiro atoms. The van der Waals surface area contributed by atoms with E-state index in [1.807, 2.05) is 0 Å². The molecule has 0 fully saturated rings. The Hall–Kier alpha value is -1.33. The molecule has 19 heavy (non-hydrogen) atoms. The number of rotatable bonds is 7. The van der Waals surface area contributed by atoms with Gasteiger partial charge in [0, 0.05) is 12.7 Å². The molecule has 0 aliphatic rings. The molecule has 1 aromatic rings. The van der Waals surface area contributed by atoms with Crippen LogP contribution in [0.15, 0.2) is 12.3 Å². The van der Waals surface area contributed by atoms with Crippen LogP contribution in [0, 0.1) is 0 Å². The fourth-order valence-corrected chi connectivity index (χ4v) is 1.96. The number of pyridine rings is 1. The molecule has 6 heteroatoms. The standard InChI is InChI=1S/C13H21ClN4O/c1-3-18(4-2)7-5-6-16-13(19)10-8-12(15)17-9-11(10)14/h8-9H,3-7H2,1-2H3,(H2,15,17)(H,16,19). The van der Waals surface area contributed by atoms with Crippen LogP contribution >= 0.6 is 11.6 Å². The maximum absolute atomic E-state index is 11.9. The summed E-state index contributed by atoms with van der Waals surface area (Å²) < 4.78 is 0. The van der Waals surface area contributed by atoms with Gasteiger partial charge < -0.3 is 16.0 Å². The van der Waals surface area contributed by atoms with Gasteiger partial charge in [-0.25, -0.2) is 4.98 Å². The third-order valence-corrected chi connectivity index (χ3v) is 3.25. The second-order valence-electron chi connectivity index (χ2n) is 4.23. The van der Waals surface area contributed by atoms with E-state index in [4.69, 9.17) is 17.3 Å². The Morgan fingerprint density at radius 1 is 1.47 bits per heavy atom. The minimum Gasteiger partial charge on any atom is -0.384 e. The highest BCUT2D eigenvalue weighted by atomic mass is 35.5. The predicted molar refractivity (Wildman–Crippen MR) is 78.4 cm³/mol. The fourth-order valence-electron chi connectivity index (χ4n) is 1.77. The number of anilines is 1. The van der Waals surface area contributed by atoms with Gasteiger partial charge in [-0.05, 0) is 32.1 Å². The summed E-state index contributed by atoms with van der Waals surface area (Å²) in [7, 11) is 0. The number of nitrogens with two attached hydrogens (primary N) is 1. The Morgan fingerprint density at radius 2 is 2.16 bits per heavy atom. The Morgan fingerprint density at radius 3 is 2.79 bits per heavy atom. The first-order valence-electron chi connectivity index (χ1n) is 6.50. The molecule has 0 aromatic carbocycles. The SMILES string of the molecule is CCN(CC)CCCNC(=O)c1cc(N)ncc1Cl. The molecule has 1 amide bonds. The van der Waals surface area contributed by atoms with Crippen molar-refractivity contribution in [2.45, 2.75) is 20.3 Å². The number of aromatic nitrogens is 1. The number of hydrogen-bond acceptors (Lipinski definition) is 4. The first-order valence-corrected chi connectivity index (χ1v) is 6.87. The van der Waals surface area contributed by atoms with E-state index in [-0.39, 0.29) is 11.7 Å². The molecule has 0 atom stereocenters. The van der Waals surface area contributed by atoms with Crippen molar-refractivity contribution in [1.29, 1.82) is 0 Å². The van der Waals surface area contributed by atoms with Crippen molar-refractivity contribution in [1.82, 2.24) is 15.2 Å². The number of nitrogens with zero attached hydrogens (tertiary/aromatic N) is 2. The Bertz CT molecular complexity index is 421. The number of nitrogen functional groups attached to an aromatic ring is 1. The maximum Gasteiger partial charge on any atom is 0.252 e. The summed E-state index contributed by atoms with van der Waals surface area (Å²) >= 11 is 5.91. The summed E-state index contributed by atoms with van der Waals surface area (Å²) in [4.78, 5) is 18.0. The van der Waals surface area contributed by atoms with E-state index in [2.05, 4.69) is 29.0 Å². The topological polar surface area (TPSA) is 71.2 Å². The van der Waals surface area contributed by atoms with Crippen molar-refractivity contribution < 1.29 is 4.79 Å². The van der Waals surface area contributed by atoms with Gasteiger partial charge in [-0.3, -0.25) is 4.79 Å². The van der Waals surface area contributed by atoms with Crippen LogP contribution < -0.4 is 11.1 Å². The van der Waals surface area contributed by atoms with Gasteiger partial charge in [0.1, 0.15) is 5.82 Å². The van der Waals surface area contributed by atoms with Crippen molar-refractivity contribution in [2.75, 3.05) is 31.9 Å². The number of halogens is 1. The van der Waals surface area contributed by atoms with Gasteiger partial charge in [0.05, 0.1) is 10.6 Å². The van der Waals surface area contributed by atoms with Crippen LogP contribution in [0.3, 0.4) is 0 Å². The zero-order valence-electron chi connectivity index (χ0n) is 11.4. The molecule has 0 aliphatic heterocycles. The lowest BCUT2D eigenvalue weighted by Gasteiger charge is -2.17. The van der Waals surface area contributed by atoms with Crippen LogP contribution in [0.2, 0.25) is 5.02 Å². The minimum atomic E-state index is -0.210. The average Bonchev–Trinajstić information content (AvgIpc) is 2.41. The van der Waals surface area contributed by atoms with Crippen molar-refractivity contribution in [2.24, 2.45) is 0 Å². The Balaban J connectivity index is 2.41. The summed E-state index contributed by atoms with van der Waals surface area (Å²) in [6.45, 7) is 7.89. The molecule has 5 nitrogen and oxygen atoms in total. The normalized spacial score (nSPS) is 10.7. The summed E-state index contributed by atoms with van der Waals surface area (Å²) in [5, 5.41) is 3.15. The van der Waals surface area contributed by atoms with Gasteiger partial charge in [-0.15, -0.1) is 0 Å². The van der Waals surface area contributed by atoms with Crippen LogP contribution in [0.25, 0.3) is 0 Å². The first-order chi connectivity index (χ1) is 9.08. The molecular formula is C13H21ClN4O. The minimum absolute atomic E-state index is 0.210. The van der Waals surface area contributed by atoms with Crippen LogP contribution in [-0.4, -0.2) is 42.0 Å². The quantitative estimate of drug-likeness (QED) is 0.749. The number of amides is 1. The molecule has 1 heterocycles. The lowest BCUT2D eigenvalue weighted by molar-refractivity contribution is 0.0952. The monoisotopic (exact) mass is 284 g/mol. The van der Waals surface area contributed by atoms with Gasteiger partial charge in [-0.1, -0.05) is 25.4 Å². The van der Waals surface area contributed by atoms with E-state index < -0.39 is 0 Å². The van der Waals surface area contributed by atoms with Crippen LogP contribution in [0.4, 0.5) is 5.82 Å². The van der Waals surface area contributed by atoms with E-state index in [0.29, 0.717) is 17.1 Å². The van der Waals surface area contributed by atoms with E-state index in [9.17, 15) is 4.79 Å². The van der Waals surface area contributed by atoms with Crippen LogP contribution in [0.5, 0.6) is 0 Å². The lowest BCUT2D eigenvalue weighted by Crippen LogP contribution is -2.30. The second kappa shape index (κ2) is 7.96. The third-order valence-electron chi connectivity index (χ3n) is 2.95. The van der Waals surface area contributed by atoms with E-state index >= 15 is 0 Å². The Kier molecular flexibility index (Phi) is 6.59. The van der Waals surface area contributed by atoms with Crippen LogP contribution in [-0.2, 0) is 0 Å². The molecular weight excluding hydrogens is 264 g/mol. The average molecular weight is 285 g/mol. The van der Waals surface area contributed by atoms with E-state index in [1.165, 1.54) is 12.3 Å². The first kappa shape index (κ1) is 15.7. The van der Waals surface area contributed by atoms with E-state index in [0.717, 1.165) is 26.1 Å². The lowest BCUT2D eigenvalue weighted by atomic mass is 10.2. The highest BCUT2D eigenvalue weighted by Gasteiger charge is 2.10. The molecule has 0 saturated carbocycles. The zero-order valence-corrected chi connectivity index (χ0v) is 12.2. The van der Waals surface area contributed by atoms with Gasteiger partial charge in [0.25, 0.3) is 5.91 Å². The third kappa shape index (κ3) is 5.04. The highest BCUT2D eigenvalue weighted by molar-refractivity contribution is 6.33. The summed E-state index contributed by atoms with van der Waals surface area (Å²) in [6, 6.07) is 1.49. The highest BCUT2D eigenvalue weighted by Crippen LogP contribution is 2.16. The molecule has 0 unspecified atom stereocenters. The van der Waals surface area contributed by atoms with Crippen LogP contribution in [0.1, 0.15) is 30.6 Å². The van der Waals surface area contributed by atoms with Crippen molar-refractivity contribution >= 4 is 23.3 Å². The van der Waals surface area contributed by atoms with Gasteiger partial charge in [-0.2, -0.15) is 0 Å². The van der Waals surface area contributed by atoms with Crippen molar-refractivity contribution in [3.8, 4) is 0 Å². The summed E-state index contributed by atoms with van der Waals surface area (Å²) in [6.07, 6.45) is 2.30. The number of carbonyl (C=O) groups excluding carboxylic acids is 1. The molecule has 0 aliphatic carbocycles. The molecule has 106 valence electrons. The largest absolute Gasteiger partial charge is 0.384 e. The smallest absolute Gasteiger partial charge is 0.252 e. The molecule has 0 saturated heterocycles. The van der Waals surface area contributed by atoms with Gasteiger partial charge >= 0.3 is 0 Å². The molecule has 0 bridgehead atoms. The predicted octanol–water partition coefficient (Wildman–Crippen LogP) is 1.78. The van der Waals surface area contributed by atoms with Gasteiger partial charge in [0.2, 0.25) is 0 Å². The van der Waals surface area contributed by atoms with Gasteiger partial charge in [0.15, 0.2) is 0 Å². The molecule has 1 aromatic heterocycles. The van der Waals surface area contributed by atoms with Crippen molar-refractivity contribution in [3.05, 3.63) is 22.8 Å². The second-order valence-corrected chi connectivity index (χ2v) is 4.63. The summed E-state index contributed by atoms with van der Waals surface area (Å²) in [5.74, 6) is 0.0799. The maximum atomic E-state index is 11.9. The number of carbonyl (C=O) groups is 1. The Labute approximate surface area is 119 Å². The molecule has 0 radical (unpaired) electrons. The molecule has 1 rings (SSSR count). The van der Waals surface area contributed by atoms with Crippen molar-refractivity contribution in [3.63, 3.8) is 0 Å².